The zero-order valence-corrected chi connectivity index (χ0v) is 18.4. The SMILES string of the molecule is COc1ccc(NC(=O)Nc2ccc3nc4c5ccccc5c5ccccc5c4nc3c2)cc1. The van der Waals surface area contributed by atoms with Crippen LogP contribution >= 0.6 is 0 Å². The summed E-state index contributed by atoms with van der Waals surface area (Å²) in [6, 6.07) is 28.9. The number of methoxy groups -OCH3 is 1. The molecule has 6 heteroatoms. The lowest BCUT2D eigenvalue weighted by Gasteiger charge is -2.11. The van der Waals surface area contributed by atoms with E-state index in [0.29, 0.717) is 11.4 Å². The molecule has 1 heterocycles. The van der Waals surface area contributed by atoms with Crippen molar-refractivity contribution in [2.75, 3.05) is 17.7 Å². The van der Waals surface area contributed by atoms with Gasteiger partial charge >= 0.3 is 6.03 Å². The molecule has 5 aromatic carbocycles. The van der Waals surface area contributed by atoms with Gasteiger partial charge in [-0.3, -0.25) is 0 Å². The van der Waals surface area contributed by atoms with Crippen molar-refractivity contribution in [2.45, 2.75) is 0 Å². The molecule has 2 amide bonds. The van der Waals surface area contributed by atoms with Crippen LogP contribution < -0.4 is 15.4 Å². The predicted molar refractivity (Wildman–Crippen MR) is 138 cm³/mol. The van der Waals surface area contributed by atoms with Crippen LogP contribution in [0.1, 0.15) is 0 Å². The molecule has 0 saturated heterocycles. The van der Waals surface area contributed by atoms with Crippen LogP contribution in [0.25, 0.3) is 43.6 Å². The fourth-order valence-corrected chi connectivity index (χ4v) is 4.32. The monoisotopic (exact) mass is 444 g/mol. The number of fused-ring (bicyclic) bond motifs is 7. The number of amides is 2. The number of urea groups is 1. The smallest absolute Gasteiger partial charge is 0.323 e. The van der Waals surface area contributed by atoms with Crippen LogP contribution in [0.4, 0.5) is 16.2 Å². The predicted octanol–water partition coefficient (Wildman–Crippen LogP) is 6.74. The molecule has 1 aromatic heterocycles. The molecule has 164 valence electrons. The number of carbonyl (C=O) groups excluding carboxylic acids is 1. The summed E-state index contributed by atoms with van der Waals surface area (Å²) in [7, 11) is 1.60. The average Bonchev–Trinajstić information content (AvgIpc) is 2.88. The van der Waals surface area contributed by atoms with Gasteiger partial charge in [-0.15, -0.1) is 0 Å². The summed E-state index contributed by atoms with van der Waals surface area (Å²) in [5, 5.41) is 10.1. The van der Waals surface area contributed by atoms with E-state index in [1.807, 2.05) is 42.5 Å². The highest BCUT2D eigenvalue weighted by Crippen LogP contribution is 2.34. The Kier molecular flexibility index (Phi) is 4.70. The van der Waals surface area contributed by atoms with E-state index in [2.05, 4.69) is 34.9 Å². The van der Waals surface area contributed by atoms with Crippen molar-refractivity contribution >= 4 is 61.0 Å². The Bertz CT molecular complexity index is 1710. The summed E-state index contributed by atoms with van der Waals surface area (Å²) in [6.07, 6.45) is 0. The minimum Gasteiger partial charge on any atom is -0.497 e. The van der Waals surface area contributed by atoms with Gasteiger partial charge in [-0.2, -0.15) is 0 Å². The Labute approximate surface area is 195 Å². The molecule has 0 atom stereocenters. The van der Waals surface area contributed by atoms with E-state index >= 15 is 0 Å². The number of ether oxygens (including phenoxy) is 1. The van der Waals surface area contributed by atoms with Crippen LogP contribution in [0.15, 0.2) is 91.0 Å². The van der Waals surface area contributed by atoms with Gasteiger partial charge < -0.3 is 15.4 Å². The summed E-state index contributed by atoms with van der Waals surface area (Å²) in [5.74, 6) is 0.728. The second-order valence-electron chi connectivity index (χ2n) is 8.02. The third-order valence-corrected chi connectivity index (χ3v) is 5.92. The van der Waals surface area contributed by atoms with Crippen LogP contribution in [0.3, 0.4) is 0 Å². The van der Waals surface area contributed by atoms with Crippen LogP contribution in [0, 0.1) is 0 Å². The highest BCUT2D eigenvalue weighted by atomic mass is 16.5. The molecule has 0 aliphatic carbocycles. The molecule has 6 rings (SSSR count). The molecule has 0 unspecified atom stereocenters. The van der Waals surface area contributed by atoms with E-state index in [0.717, 1.165) is 49.4 Å². The fraction of sp³-hybridized carbons (Fsp3) is 0.0357. The number of hydrogen-bond donors (Lipinski definition) is 2. The summed E-state index contributed by atoms with van der Waals surface area (Å²) in [5.41, 5.74) is 4.52. The number of carbonyl (C=O) groups is 1. The van der Waals surface area contributed by atoms with Gasteiger partial charge in [-0.1, -0.05) is 48.5 Å². The molecule has 0 aliphatic heterocycles. The van der Waals surface area contributed by atoms with E-state index in [1.165, 1.54) is 0 Å². The molecule has 6 aromatic rings. The number of rotatable bonds is 3. The lowest BCUT2D eigenvalue weighted by molar-refractivity contribution is 0.262. The van der Waals surface area contributed by atoms with Gasteiger partial charge in [0.1, 0.15) is 5.75 Å². The van der Waals surface area contributed by atoms with Gasteiger partial charge in [0.15, 0.2) is 0 Å². The van der Waals surface area contributed by atoms with Gasteiger partial charge in [0.05, 0.1) is 29.2 Å². The third-order valence-electron chi connectivity index (χ3n) is 5.92. The minimum absolute atomic E-state index is 0.338. The lowest BCUT2D eigenvalue weighted by atomic mass is 9.99. The first-order chi connectivity index (χ1) is 16.7. The quantitative estimate of drug-likeness (QED) is 0.234. The van der Waals surface area contributed by atoms with E-state index < -0.39 is 0 Å². The van der Waals surface area contributed by atoms with Crippen molar-refractivity contribution in [2.24, 2.45) is 0 Å². The van der Waals surface area contributed by atoms with Crippen molar-refractivity contribution in [1.29, 1.82) is 0 Å². The van der Waals surface area contributed by atoms with Crippen molar-refractivity contribution in [3.8, 4) is 5.75 Å². The van der Waals surface area contributed by atoms with E-state index in [-0.39, 0.29) is 6.03 Å². The Morgan fingerprint density at radius 2 is 1.18 bits per heavy atom. The fourth-order valence-electron chi connectivity index (χ4n) is 4.32. The van der Waals surface area contributed by atoms with E-state index in [9.17, 15) is 4.79 Å². The van der Waals surface area contributed by atoms with Gasteiger partial charge in [-0.05, 0) is 53.2 Å². The van der Waals surface area contributed by atoms with Crippen LogP contribution in [0.5, 0.6) is 5.75 Å². The molecular formula is C28H20N4O2. The maximum absolute atomic E-state index is 12.5. The topological polar surface area (TPSA) is 76.1 Å². The molecule has 0 bridgehead atoms. The molecule has 2 N–H and O–H groups in total. The first-order valence-electron chi connectivity index (χ1n) is 10.9. The molecule has 0 fully saturated rings. The summed E-state index contributed by atoms with van der Waals surface area (Å²) < 4.78 is 5.15. The largest absolute Gasteiger partial charge is 0.497 e. The minimum atomic E-state index is -0.338. The zero-order valence-electron chi connectivity index (χ0n) is 18.4. The Morgan fingerprint density at radius 1 is 0.647 bits per heavy atom. The number of anilines is 2. The summed E-state index contributed by atoms with van der Waals surface area (Å²) >= 11 is 0. The molecular weight excluding hydrogens is 424 g/mol. The lowest BCUT2D eigenvalue weighted by Crippen LogP contribution is -2.19. The van der Waals surface area contributed by atoms with Gasteiger partial charge in [0.25, 0.3) is 0 Å². The Balaban J connectivity index is 1.40. The number of nitrogens with zero attached hydrogens (tertiary/aromatic N) is 2. The summed E-state index contributed by atoms with van der Waals surface area (Å²) in [6.45, 7) is 0. The van der Waals surface area contributed by atoms with Crippen LogP contribution in [-0.4, -0.2) is 23.1 Å². The molecule has 6 nitrogen and oxygen atoms in total. The van der Waals surface area contributed by atoms with Gasteiger partial charge in [-0.25, -0.2) is 14.8 Å². The second kappa shape index (κ2) is 8.01. The van der Waals surface area contributed by atoms with E-state index in [4.69, 9.17) is 14.7 Å². The number of nitrogens with one attached hydrogen (secondary N) is 2. The van der Waals surface area contributed by atoms with Crippen LogP contribution in [0.2, 0.25) is 0 Å². The van der Waals surface area contributed by atoms with Crippen LogP contribution in [-0.2, 0) is 0 Å². The number of hydrogen-bond acceptors (Lipinski definition) is 4. The van der Waals surface area contributed by atoms with Crippen molar-refractivity contribution in [3.63, 3.8) is 0 Å². The Hall–Kier alpha value is -4.71. The van der Waals surface area contributed by atoms with Crippen molar-refractivity contribution in [1.82, 2.24) is 9.97 Å². The number of benzene rings is 5. The van der Waals surface area contributed by atoms with Crippen molar-refractivity contribution < 1.29 is 9.53 Å². The van der Waals surface area contributed by atoms with Gasteiger partial charge in [0.2, 0.25) is 0 Å². The molecule has 0 saturated carbocycles. The molecule has 0 spiro atoms. The third kappa shape index (κ3) is 3.42. The van der Waals surface area contributed by atoms with Gasteiger partial charge in [0, 0.05) is 22.1 Å². The van der Waals surface area contributed by atoms with E-state index in [1.54, 1.807) is 31.4 Å². The highest BCUT2D eigenvalue weighted by Gasteiger charge is 2.12. The maximum atomic E-state index is 12.5. The summed E-state index contributed by atoms with van der Waals surface area (Å²) in [4.78, 5) is 22.5. The molecule has 0 aliphatic rings. The standard InChI is InChI=1S/C28H20N4O2/c1-34-19-13-10-17(11-14-19)29-28(33)30-18-12-15-24-25(16-18)32-27-23-9-5-3-7-21(23)20-6-2-4-8-22(20)26(27)31-24/h2-16H,1H3,(H2,29,30,33). The normalized spacial score (nSPS) is 11.2. The first kappa shape index (κ1) is 19.9. The number of aromatic nitrogens is 2. The zero-order chi connectivity index (χ0) is 23.1. The highest BCUT2D eigenvalue weighted by molar-refractivity contribution is 6.23. The Morgan fingerprint density at radius 3 is 1.79 bits per heavy atom. The van der Waals surface area contributed by atoms with Crippen molar-refractivity contribution in [3.05, 3.63) is 91.0 Å². The molecule has 0 radical (unpaired) electrons. The maximum Gasteiger partial charge on any atom is 0.323 e. The first-order valence-corrected chi connectivity index (χ1v) is 10.9. The average molecular weight is 444 g/mol. The molecule has 34 heavy (non-hydrogen) atoms. The second-order valence-corrected chi connectivity index (χ2v) is 8.02.